The van der Waals surface area contributed by atoms with Gasteiger partial charge in [-0.15, -0.1) is 0 Å². The molecule has 324 valence electrons. The van der Waals surface area contributed by atoms with E-state index in [9.17, 15) is 24.0 Å². The zero-order valence-corrected chi connectivity index (χ0v) is 35.3. The third-order valence-corrected chi connectivity index (χ3v) is 13.8. The van der Waals surface area contributed by atoms with Gasteiger partial charge in [-0.2, -0.15) is 5.10 Å². The normalized spacial score (nSPS) is 23.6. The van der Waals surface area contributed by atoms with E-state index in [4.69, 9.17) is 4.74 Å². The molecule has 1 aliphatic carbocycles. The summed E-state index contributed by atoms with van der Waals surface area (Å²) < 4.78 is 6.22. The fourth-order valence-electron chi connectivity index (χ4n) is 9.75. The largest absolute Gasteiger partial charge is 0.488 e. The highest BCUT2D eigenvalue weighted by atomic mass is 16.5. The summed E-state index contributed by atoms with van der Waals surface area (Å²) in [5.41, 5.74) is 3.88. The van der Waals surface area contributed by atoms with Gasteiger partial charge in [0.25, 0.3) is 11.8 Å². The molecule has 62 heavy (non-hydrogen) atoms. The van der Waals surface area contributed by atoms with Crippen molar-refractivity contribution in [2.75, 3.05) is 81.8 Å². The molecule has 0 bridgehead atoms. The van der Waals surface area contributed by atoms with Gasteiger partial charge in [-0.05, 0) is 88.3 Å². The van der Waals surface area contributed by atoms with E-state index in [0.717, 1.165) is 136 Å². The summed E-state index contributed by atoms with van der Waals surface area (Å²) >= 11 is 0. The molecular weight excluding hydrogens is 791 g/mol. The van der Waals surface area contributed by atoms with Crippen LogP contribution in [0.5, 0.6) is 5.75 Å². The summed E-state index contributed by atoms with van der Waals surface area (Å²) in [5.74, 6) is 0.433. The topological polar surface area (TPSA) is 181 Å². The Morgan fingerprint density at radius 2 is 1.63 bits per heavy atom. The minimum Gasteiger partial charge on any atom is -0.488 e. The molecule has 17 nitrogen and oxygen atoms in total. The van der Waals surface area contributed by atoms with E-state index < -0.39 is 29.7 Å². The Kier molecular flexibility index (Phi) is 10.4. The van der Waals surface area contributed by atoms with Gasteiger partial charge in [-0.25, -0.2) is 9.97 Å². The van der Waals surface area contributed by atoms with Crippen molar-refractivity contribution in [3.05, 3.63) is 59.9 Å². The van der Waals surface area contributed by atoms with Crippen LogP contribution in [0, 0.1) is 5.92 Å². The van der Waals surface area contributed by atoms with Crippen molar-refractivity contribution in [1.29, 1.82) is 0 Å². The molecule has 2 aromatic carbocycles. The van der Waals surface area contributed by atoms with Crippen molar-refractivity contribution in [3.63, 3.8) is 0 Å². The van der Waals surface area contributed by atoms with Gasteiger partial charge in [0, 0.05) is 95.1 Å². The van der Waals surface area contributed by atoms with Crippen LogP contribution in [-0.4, -0.2) is 159 Å². The van der Waals surface area contributed by atoms with Gasteiger partial charge in [0.2, 0.25) is 17.7 Å². The predicted molar refractivity (Wildman–Crippen MR) is 230 cm³/mol. The van der Waals surface area contributed by atoms with E-state index >= 15 is 0 Å². The van der Waals surface area contributed by atoms with Gasteiger partial charge < -0.3 is 19.4 Å². The number of anilines is 2. The first kappa shape index (κ1) is 40.2. The number of rotatable bonds is 10. The molecule has 7 heterocycles. The van der Waals surface area contributed by atoms with Crippen LogP contribution in [0.15, 0.2) is 48.8 Å². The highest BCUT2D eigenvalue weighted by Gasteiger charge is 2.45. The molecule has 2 atom stereocenters. The first-order valence-corrected chi connectivity index (χ1v) is 22.1. The number of hydrogen-bond acceptors (Lipinski definition) is 13. The molecular formula is C45H53N11O6. The van der Waals surface area contributed by atoms with Crippen molar-refractivity contribution in [3.8, 4) is 17.1 Å². The second kappa shape index (κ2) is 16.1. The molecule has 1 unspecified atom stereocenters. The van der Waals surface area contributed by atoms with Gasteiger partial charge in [-0.1, -0.05) is 0 Å². The number of piperidine rings is 2. The van der Waals surface area contributed by atoms with Crippen LogP contribution in [0.4, 0.5) is 11.5 Å². The SMILES string of the molecule is C[C@H]1CN(c2cc(-c3[nH]nc4ccc(OC5(C)CC5)cc34)ncn2)CCN1CC(=O)N1CCC(CN2CCN(c3ccc4c(c3)C(=O)N(C3CCC(=O)NC3=O)C4=O)CC2)CC1. The van der Waals surface area contributed by atoms with E-state index in [1.807, 2.05) is 35.2 Å². The number of H-pyrrole nitrogens is 1. The molecule has 6 aliphatic rings. The number of benzene rings is 2. The number of nitrogens with one attached hydrogen (secondary N) is 2. The first-order valence-electron chi connectivity index (χ1n) is 22.1. The monoisotopic (exact) mass is 843 g/mol. The number of ether oxygens (including phenoxy) is 1. The highest BCUT2D eigenvalue weighted by Crippen LogP contribution is 2.41. The molecule has 5 fully saturated rings. The molecule has 2 aromatic heterocycles. The second-order valence-electron chi connectivity index (χ2n) is 18.1. The number of fused-ring (bicyclic) bond motifs is 2. The van der Waals surface area contributed by atoms with Crippen LogP contribution in [-0.2, 0) is 14.4 Å². The molecule has 2 N–H and O–H groups in total. The number of aromatic amines is 1. The van der Waals surface area contributed by atoms with Crippen molar-refractivity contribution < 1.29 is 28.7 Å². The number of imide groups is 2. The van der Waals surface area contributed by atoms with Crippen LogP contribution in [0.2, 0.25) is 0 Å². The standard InChI is InChI=1S/C45H53N11O6/c1-28-24-55(38-23-36(46-27-47-38)41-34-22-31(62-45(2)11-12-45)4-6-35(34)49-50-41)20-19-54(28)26-40(58)53-13-9-29(10-14-53)25-51-15-17-52(18-16-51)30-3-5-32-33(21-30)44(61)56(43(32)60)37-7-8-39(57)48-42(37)59/h3-6,21-23,27-29,37H,7-20,24-26H2,1-2H3,(H,49,50)(H,48,57,59)/t28-,37?/m0/s1. The van der Waals surface area contributed by atoms with E-state index in [1.54, 1.807) is 18.5 Å². The van der Waals surface area contributed by atoms with Crippen molar-refractivity contribution in [2.24, 2.45) is 5.92 Å². The Morgan fingerprint density at radius 1 is 0.855 bits per heavy atom. The fourth-order valence-corrected chi connectivity index (χ4v) is 9.75. The van der Waals surface area contributed by atoms with Crippen molar-refractivity contribution in [2.45, 2.75) is 70.1 Å². The van der Waals surface area contributed by atoms with Gasteiger partial charge >= 0.3 is 0 Å². The maximum absolute atomic E-state index is 13.6. The van der Waals surface area contributed by atoms with Crippen LogP contribution in [0.1, 0.15) is 73.1 Å². The minimum absolute atomic E-state index is 0.0694. The molecule has 5 amide bonds. The predicted octanol–water partition coefficient (Wildman–Crippen LogP) is 2.92. The molecule has 5 aliphatic heterocycles. The summed E-state index contributed by atoms with van der Waals surface area (Å²) in [4.78, 5) is 85.8. The fraction of sp³-hybridized carbons (Fsp3) is 0.511. The number of piperazine rings is 2. The van der Waals surface area contributed by atoms with E-state index in [2.05, 4.69) is 58.9 Å². The van der Waals surface area contributed by atoms with E-state index in [1.165, 1.54) is 0 Å². The molecule has 4 saturated heterocycles. The first-order chi connectivity index (χ1) is 30.0. The number of amides is 5. The average molecular weight is 844 g/mol. The molecule has 0 spiro atoms. The lowest BCUT2D eigenvalue weighted by molar-refractivity contribution is -0.136. The van der Waals surface area contributed by atoms with E-state index in [0.29, 0.717) is 23.6 Å². The molecule has 4 aromatic rings. The van der Waals surface area contributed by atoms with Gasteiger partial charge in [0.05, 0.1) is 34.6 Å². The Labute approximate surface area is 359 Å². The number of carbonyl (C=O) groups excluding carboxylic acids is 5. The zero-order chi connectivity index (χ0) is 42.7. The van der Waals surface area contributed by atoms with Crippen LogP contribution in [0.3, 0.4) is 0 Å². The van der Waals surface area contributed by atoms with Gasteiger partial charge in [-0.3, -0.25) is 49.1 Å². The van der Waals surface area contributed by atoms with E-state index in [-0.39, 0.29) is 30.4 Å². The number of aromatic nitrogens is 4. The average Bonchev–Trinajstić information content (AvgIpc) is 3.76. The Bertz CT molecular complexity index is 2440. The zero-order valence-electron chi connectivity index (χ0n) is 35.3. The summed E-state index contributed by atoms with van der Waals surface area (Å²) in [7, 11) is 0. The number of nitrogens with zero attached hydrogens (tertiary/aromatic N) is 9. The Morgan fingerprint density at radius 3 is 2.39 bits per heavy atom. The minimum atomic E-state index is -0.976. The smallest absolute Gasteiger partial charge is 0.262 e. The lowest BCUT2D eigenvalue weighted by atomic mass is 9.95. The summed E-state index contributed by atoms with van der Waals surface area (Å²) in [6.07, 6.45) is 5.93. The lowest BCUT2D eigenvalue weighted by Crippen LogP contribution is -2.55. The van der Waals surface area contributed by atoms with Crippen LogP contribution >= 0.6 is 0 Å². The molecule has 1 saturated carbocycles. The second-order valence-corrected chi connectivity index (χ2v) is 18.1. The number of carbonyl (C=O) groups is 5. The van der Waals surface area contributed by atoms with Gasteiger partial charge in [0.1, 0.15) is 29.5 Å². The maximum Gasteiger partial charge on any atom is 0.262 e. The number of hydrogen-bond donors (Lipinski definition) is 2. The summed E-state index contributed by atoms with van der Waals surface area (Å²) in [5, 5.41) is 10.9. The maximum atomic E-state index is 13.6. The van der Waals surface area contributed by atoms with Crippen molar-refractivity contribution >= 4 is 51.9 Å². The number of likely N-dealkylation sites (tertiary alicyclic amines) is 1. The van der Waals surface area contributed by atoms with Crippen LogP contribution in [0.25, 0.3) is 22.3 Å². The molecule has 0 radical (unpaired) electrons. The quantitative estimate of drug-likeness (QED) is 0.223. The Balaban J connectivity index is 0.673. The lowest BCUT2D eigenvalue weighted by Gasteiger charge is -2.42. The van der Waals surface area contributed by atoms with Gasteiger partial charge in [0.15, 0.2) is 0 Å². The van der Waals surface area contributed by atoms with Crippen molar-refractivity contribution in [1.82, 2.24) is 45.1 Å². The van der Waals surface area contributed by atoms with Crippen LogP contribution < -0.4 is 19.9 Å². The molecule has 17 heteroatoms. The third-order valence-electron chi connectivity index (χ3n) is 13.8. The third kappa shape index (κ3) is 7.87. The molecule has 10 rings (SSSR count). The Hall–Kier alpha value is -5.94. The highest BCUT2D eigenvalue weighted by molar-refractivity contribution is 6.23. The summed E-state index contributed by atoms with van der Waals surface area (Å²) in [6.45, 7) is 12.9. The summed E-state index contributed by atoms with van der Waals surface area (Å²) in [6, 6.07) is 12.5.